The molecule has 0 aliphatic heterocycles. The highest BCUT2D eigenvalue weighted by Gasteiger charge is 2.08. The molecule has 4 nitrogen and oxygen atoms in total. The predicted octanol–water partition coefficient (Wildman–Crippen LogP) is 1.19. The Bertz CT molecular complexity index is 351. The van der Waals surface area contributed by atoms with Crippen LogP contribution < -0.4 is 10.2 Å². The van der Waals surface area contributed by atoms with Crippen molar-refractivity contribution in [1.29, 1.82) is 0 Å². The number of amides is 1. The van der Waals surface area contributed by atoms with Gasteiger partial charge in [0.2, 0.25) is 5.91 Å². The molecule has 0 spiro atoms. The van der Waals surface area contributed by atoms with Gasteiger partial charge in [0.25, 0.3) is 0 Å². The van der Waals surface area contributed by atoms with Gasteiger partial charge in [0, 0.05) is 25.3 Å². The molecule has 0 heterocycles. The first-order valence-corrected chi connectivity index (χ1v) is 6.35. The highest BCUT2D eigenvalue weighted by Crippen LogP contribution is 2.11. The maximum absolute atomic E-state index is 11.8. The average Bonchev–Trinajstić information content (AvgIpc) is 2.36. The fourth-order valence-electron chi connectivity index (χ4n) is 1.67. The van der Waals surface area contributed by atoms with Crippen molar-refractivity contribution in [2.24, 2.45) is 0 Å². The molecule has 1 N–H and O–H groups in total. The molecule has 0 unspecified atom stereocenters. The largest absolute Gasteiger partial charge is 0.363 e. The lowest BCUT2D eigenvalue weighted by Gasteiger charge is -2.22. The first-order chi connectivity index (χ1) is 8.63. The van der Waals surface area contributed by atoms with Gasteiger partial charge in [-0.1, -0.05) is 18.2 Å². The lowest BCUT2D eigenvalue weighted by molar-refractivity contribution is -0.119. The topological polar surface area (TPSA) is 35.6 Å². The Morgan fingerprint density at radius 2 is 1.89 bits per heavy atom. The summed E-state index contributed by atoms with van der Waals surface area (Å²) >= 11 is 0. The molecule has 4 heteroatoms. The highest BCUT2D eigenvalue weighted by atomic mass is 16.2. The van der Waals surface area contributed by atoms with E-state index in [9.17, 15) is 4.79 Å². The van der Waals surface area contributed by atoms with Crippen molar-refractivity contribution in [1.82, 2.24) is 10.2 Å². The van der Waals surface area contributed by atoms with Gasteiger partial charge in [-0.2, -0.15) is 0 Å². The summed E-state index contributed by atoms with van der Waals surface area (Å²) in [5.74, 6) is 0.0718. The van der Waals surface area contributed by atoms with Crippen LogP contribution in [0.3, 0.4) is 0 Å². The normalized spacial score (nSPS) is 10.4. The smallest absolute Gasteiger partial charge is 0.239 e. The predicted molar refractivity (Wildman–Crippen MR) is 75.9 cm³/mol. The summed E-state index contributed by atoms with van der Waals surface area (Å²) in [6.45, 7) is 4.85. The van der Waals surface area contributed by atoms with E-state index in [-0.39, 0.29) is 5.91 Å². The minimum atomic E-state index is 0.0718. The van der Waals surface area contributed by atoms with Crippen LogP contribution in [-0.4, -0.2) is 51.1 Å². The van der Waals surface area contributed by atoms with Crippen LogP contribution in [0, 0.1) is 0 Å². The number of carbonyl (C=O) groups excluding carboxylic acids is 1. The number of para-hydroxylation sites is 1. The lowest BCUT2D eigenvalue weighted by atomic mass is 10.3. The molecule has 100 valence electrons. The maximum atomic E-state index is 11.8. The Balaban J connectivity index is 2.41. The van der Waals surface area contributed by atoms with E-state index in [1.807, 2.05) is 44.4 Å². The van der Waals surface area contributed by atoms with Gasteiger partial charge in [-0.3, -0.25) is 4.79 Å². The molecule has 0 aliphatic rings. The van der Waals surface area contributed by atoms with Crippen molar-refractivity contribution < 1.29 is 4.79 Å². The summed E-state index contributed by atoms with van der Waals surface area (Å²) in [7, 11) is 3.99. The highest BCUT2D eigenvalue weighted by molar-refractivity contribution is 5.81. The quantitative estimate of drug-likeness (QED) is 0.788. The third kappa shape index (κ3) is 5.19. The monoisotopic (exact) mass is 249 g/mol. The Kier molecular flexibility index (Phi) is 6.22. The van der Waals surface area contributed by atoms with Gasteiger partial charge >= 0.3 is 0 Å². The van der Waals surface area contributed by atoms with Gasteiger partial charge in [0.15, 0.2) is 0 Å². The third-order valence-electron chi connectivity index (χ3n) is 2.72. The second kappa shape index (κ2) is 7.71. The van der Waals surface area contributed by atoms with E-state index in [0.29, 0.717) is 13.1 Å². The second-order valence-corrected chi connectivity index (χ2v) is 4.50. The van der Waals surface area contributed by atoms with Crippen molar-refractivity contribution in [3.8, 4) is 0 Å². The summed E-state index contributed by atoms with van der Waals surface area (Å²) in [4.78, 5) is 15.9. The van der Waals surface area contributed by atoms with Crippen LogP contribution in [0.4, 0.5) is 5.69 Å². The standard InChI is InChI=1S/C14H23N3O/c1-4-17(13-8-6-5-7-9-13)12-14(18)15-10-11-16(2)3/h5-9H,4,10-12H2,1-3H3,(H,15,18). The van der Waals surface area contributed by atoms with Gasteiger partial charge in [0.1, 0.15) is 0 Å². The Labute approximate surface area is 110 Å². The van der Waals surface area contributed by atoms with Crippen LogP contribution in [-0.2, 0) is 4.79 Å². The number of hydrogen-bond acceptors (Lipinski definition) is 3. The summed E-state index contributed by atoms with van der Waals surface area (Å²) in [6, 6.07) is 10.0. The molecule has 0 bridgehead atoms. The fourth-order valence-corrected chi connectivity index (χ4v) is 1.67. The number of likely N-dealkylation sites (N-methyl/N-ethyl adjacent to an activating group) is 2. The molecule has 18 heavy (non-hydrogen) atoms. The fraction of sp³-hybridized carbons (Fsp3) is 0.500. The molecule has 1 amide bonds. The average molecular weight is 249 g/mol. The van der Waals surface area contributed by atoms with Crippen LogP contribution in [0.15, 0.2) is 30.3 Å². The SMILES string of the molecule is CCN(CC(=O)NCCN(C)C)c1ccccc1. The first-order valence-electron chi connectivity index (χ1n) is 6.35. The number of benzene rings is 1. The zero-order valence-corrected chi connectivity index (χ0v) is 11.5. The molecule has 0 fully saturated rings. The van der Waals surface area contributed by atoms with E-state index in [0.717, 1.165) is 18.8 Å². The lowest BCUT2D eigenvalue weighted by Crippen LogP contribution is -2.39. The van der Waals surface area contributed by atoms with E-state index in [2.05, 4.69) is 22.0 Å². The number of nitrogens with zero attached hydrogens (tertiary/aromatic N) is 2. The van der Waals surface area contributed by atoms with Gasteiger partial charge < -0.3 is 15.1 Å². The third-order valence-corrected chi connectivity index (χ3v) is 2.72. The number of hydrogen-bond donors (Lipinski definition) is 1. The second-order valence-electron chi connectivity index (χ2n) is 4.50. The zero-order valence-electron chi connectivity index (χ0n) is 11.5. The van der Waals surface area contributed by atoms with E-state index >= 15 is 0 Å². The van der Waals surface area contributed by atoms with Crippen LogP contribution >= 0.6 is 0 Å². The van der Waals surface area contributed by atoms with E-state index in [1.54, 1.807) is 0 Å². The summed E-state index contributed by atoms with van der Waals surface area (Å²) in [6.07, 6.45) is 0. The molecular weight excluding hydrogens is 226 g/mol. The zero-order chi connectivity index (χ0) is 13.4. The van der Waals surface area contributed by atoms with Crippen LogP contribution in [0.25, 0.3) is 0 Å². The molecule has 1 aromatic carbocycles. The van der Waals surface area contributed by atoms with Crippen LogP contribution in [0.2, 0.25) is 0 Å². The molecule has 0 radical (unpaired) electrons. The van der Waals surface area contributed by atoms with Gasteiger partial charge in [-0.05, 0) is 33.2 Å². The maximum Gasteiger partial charge on any atom is 0.239 e. The Hall–Kier alpha value is -1.55. The van der Waals surface area contributed by atoms with Crippen molar-refractivity contribution in [2.75, 3.05) is 45.2 Å². The van der Waals surface area contributed by atoms with Crippen LogP contribution in [0.5, 0.6) is 0 Å². The van der Waals surface area contributed by atoms with Crippen molar-refractivity contribution in [2.45, 2.75) is 6.92 Å². The minimum absolute atomic E-state index is 0.0718. The van der Waals surface area contributed by atoms with E-state index < -0.39 is 0 Å². The molecule has 1 rings (SSSR count). The molecule has 0 atom stereocenters. The molecule has 0 saturated heterocycles. The number of anilines is 1. The molecule has 0 aliphatic carbocycles. The van der Waals surface area contributed by atoms with Gasteiger partial charge in [-0.25, -0.2) is 0 Å². The molecule has 1 aromatic rings. The summed E-state index contributed by atoms with van der Waals surface area (Å²) < 4.78 is 0. The molecule has 0 saturated carbocycles. The van der Waals surface area contributed by atoms with E-state index in [1.165, 1.54) is 0 Å². The van der Waals surface area contributed by atoms with Crippen molar-refractivity contribution in [3.05, 3.63) is 30.3 Å². The first kappa shape index (κ1) is 14.5. The number of nitrogens with one attached hydrogen (secondary N) is 1. The Morgan fingerprint density at radius 1 is 1.22 bits per heavy atom. The number of rotatable bonds is 7. The number of carbonyl (C=O) groups is 1. The van der Waals surface area contributed by atoms with Crippen LogP contribution in [0.1, 0.15) is 6.92 Å². The summed E-state index contributed by atoms with van der Waals surface area (Å²) in [5, 5.41) is 2.93. The summed E-state index contributed by atoms with van der Waals surface area (Å²) in [5.41, 5.74) is 1.09. The van der Waals surface area contributed by atoms with Gasteiger partial charge in [-0.15, -0.1) is 0 Å². The minimum Gasteiger partial charge on any atom is -0.363 e. The Morgan fingerprint density at radius 3 is 2.44 bits per heavy atom. The van der Waals surface area contributed by atoms with Crippen molar-refractivity contribution >= 4 is 11.6 Å². The van der Waals surface area contributed by atoms with Gasteiger partial charge in [0.05, 0.1) is 6.54 Å². The molecule has 0 aromatic heterocycles. The van der Waals surface area contributed by atoms with Crippen molar-refractivity contribution in [3.63, 3.8) is 0 Å². The van der Waals surface area contributed by atoms with E-state index in [4.69, 9.17) is 0 Å². The molecular formula is C14H23N3O.